The van der Waals surface area contributed by atoms with E-state index in [1.54, 1.807) is 6.20 Å². The van der Waals surface area contributed by atoms with E-state index in [-0.39, 0.29) is 0 Å². The van der Waals surface area contributed by atoms with E-state index in [0.29, 0.717) is 25.2 Å². The second-order valence-corrected chi connectivity index (χ2v) is 5.41. The van der Waals surface area contributed by atoms with Crippen molar-refractivity contribution in [2.75, 3.05) is 19.6 Å². The molecule has 1 aromatic rings. The van der Waals surface area contributed by atoms with Gasteiger partial charge >= 0.3 is 6.09 Å². The number of H-pyrrole nitrogens is 1. The van der Waals surface area contributed by atoms with Crippen molar-refractivity contribution in [2.45, 2.75) is 37.8 Å². The van der Waals surface area contributed by atoms with Crippen LogP contribution in [0.1, 0.15) is 37.4 Å². The van der Waals surface area contributed by atoms with Gasteiger partial charge in [-0.2, -0.15) is 5.10 Å². The molecule has 0 aromatic carbocycles. The molecule has 0 bridgehead atoms. The fraction of sp³-hybridized carbons (Fsp3) is 0.692. The second kappa shape index (κ2) is 5.21. The van der Waals surface area contributed by atoms with Crippen molar-refractivity contribution in [1.29, 1.82) is 0 Å². The van der Waals surface area contributed by atoms with Crippen LogP contribution in [-0.2, 0) is 0 Å². The van der Waals surface area contributed by atoms with Crippen LogP contribution in [0, 0.1) is 0 Å². The third kappa shape index (κ3) is 2.45. The summed E-state index contributed by atoms with van der Waals surface area (Å²) in [6.07, 6.45) is 5.28. The van der Waals surface area contributed by atoms with Gasteiger partial charge in [-0.15, -0.1) is 0 Å². The van der Waals surface area contributed by atoms with Gasteiger partial charge in [0.2, 0.25) is 0 Å². The average Bonchev–Trinajstić information content (AvgIpc) is 3.09. The Kier molecular flexibility index (Phi) is 3.42. The van der Waals surface area contributed by atoms with Gasteiger partial charge in [0, 0.05) is 25.3 Å². The average molecular weight is 264 g/mol. The van der Waals surface area contributed by atoms with Crippen molar-refractivity contribution in [2.24, 2.45) is 0 Å². The normalized spacial score (nSPS) is 25.9. The van der Waals surface area contributed by atoms with E-state index in [1.165, 1.54) is 23.4 Å². The van der Waals surface area contributed by atoms with Gasteiger partial charge in [0.05, 0.1) is 11.7 Å². The number of amides is 1. The molecule has 1 unspecified atom stereocenters. The number of aromatic nitrogens is 2. The molecule has 0 spiro atoms. The molecule has 2 fully saturated rings. The Balaban J connectivity index is 1.64. The Morgan fingerprint density at radius 1 is 1.32 bits per heavy atom. The summed E-state index contributed by atoms with van der Waals surface area (Å²) in [6.45, 7) is 2.43. The number of nitrogens with one attached hydrogen (secondary N) is 1. The number of carbonyl (C=O) groups is 1. The number of piperidine rings is 1. The van der Waals surface area contributed by atoms with E-state index in [4.69, 9.17) is 5.11 Å². The first kappa shape index (κ1) is 12.5. The summed E-state index contributed by atoms with van der Waals surface area (Å²) in [5, 5.41) is 16.1. The van der Waals surface area contributed by atoms with Crippen molar-refractivity contribution in [3.8, 4) is 0 Å². The molecule has 3 heterocycles. The van der Waals surface area contributed by atoms with Gasteiger partial charge in [-0.3, -0.25) is 10.00 Å². The molecule has 1 aromatic heterocycles. The summed E-state index contributed by atoms with van der Waals surface area (Å²) < 4.78 is 0. The quantitative estimate of drug-likeness (QED) is 0.852. The highest BCUT2D eigenvalue weighted by atomic mass is 16.4. The molecule has 1 amide bonds. The van der Waals surface area contributed by atoms with Crippen molar-refractivity contribution in [1.82, 2.24) is 20.0 Å². The van der Waals surface area contributed by atoms with Gasteiger partial charge in [0.15, 0.2) is 0 Å². The predicted octanol–water partition coefficient (Wildman–Crippen LogP) is 1.69. The minimum atomic E-state index is -0.787. The first-order valence-corrected chi connectivity index (χ1v) is 6.98. The SMILES string of the molecule is O=C(O)N1CCC(N2CCCC2c2ccn[nH]2)CC1. The maximum absolute atomic E-state index is 10.9. The molecule has 2 N–H and O–H groups in total. The minimum absolute atomic E-state index is 0.434. The van der Waals surface area contributed by atoms with Gasteiger partial charge < -0.3 is 10.0 Å². The summed E-state index contributed by atoms with van der Waals surface area (Å²) in [5.41, 5.74) is 1.19. The van der Waals surface area contributed by atoms with E-state index in [2.05, 4.69) is 21.2 Å². The number of likely N-dealkylation sites (tertiary alicyclic amines) is 2. The highest BCUT2D eigenvalue weighted by Gasteiger charge is 2.34. The Hall–Kier alpha value is -1.56. The first-order valence-electron chi connectivity index (χ1n) is 6.98. The van der Waals surface area contributed by atoms with E-state index in [0.717, 1.165) is 19.4 Å². The maximum atomic E-state index is 10.9. The van der Waals surface area contributed by atoms with Crippen LogP contribution in [0.4, 0.5) is 4.79 Å². The van der Waals surface area contributed by atoms with Crippen LogP contribution in [0.3, 0.4) is 0 Å². The number of aromatic amines is 1. The monoisotopic (exact) mass is 264 g/mol. The van der Waals surface area contributed by atoms with Crippen LogP contribution < -0.4 is 0 Å². The van der Waals surface area contributed by atoms with E-state index in [9.17, 15) is 4.79 Å². The molecule has 1 atom stereocenters. The summed E-state index contributed by atoms with van der Waals surface area (Å²) in [4.78, 5) is 15.0. The molecule has 0 radical (unpaired) electrons. The number of nitrogens with zero attached hydrogens (tertiary/aromatic N) is 3. The molecular weight excluding hydrogens is 244 g/mol. The van der Waals surface area contributed by atoms with Crippen molar-refractivity contribution in [3.05, 3.63) is 18.0 Å². The molecule has 2 saturated heterocycles. The largest absolute Gasteiger partial charge is 0.465 e. The van der Waals surface area contributed by atoms with Crippen molar-refractivity contribution in [3.63, 3.8) is 0 Å². The third-order valence-electron chi connectivity index (χ3n) is 4.38. The Bertz CT molecular complexity index is 426. The van der Waals surface area contributed by atoms with Gasteiger partial charge in [-0.05, 0) is 38.3 Å². The lowest BCUT2D eigenvalue weighted by Crippen LogP contribution is -2.46. The van der Waals surface area contributed by atoms with Gasteiger partial charge in [0.1, 0.15) is 0 Å². The number of hydrogen-bond donors (Lipinski definition) is 2. The summed E-state index contributed by atoms with van der Waals surface area (Å²) >= 11 is 0. The summed E-state index contributed by atoms with van der Waals surface area (Å²) in [5.74, 6) is 0. The molecule has 6 heteroatoms. The zero-order chi connectivity index (χ0) is 13.2. The first-order chi connectivity index (χ1) is 9.25. The van der Waals surface area contributed by atoms with Gasteiger partial charge in [-0.25, -0.2) is 4.79 Å². The van der Waals surface area contributed by atoms with Crippen LogP contribution in [0.15, 0.2) is 12.3 Å². The van der Waals surface area contributed by atoms with Crippen molar-refractivity contribution < 1.29 is 9.90 Å². The van der Waals surface area contributed by atoms with Gasteiger partial charge in [-0.1, -0.05) is 0 Å². The zero-order valence-corrected chi connectivity index (χ0v) is 11.0. The molecule has 3 rings (SSSR count). The standard InChI is InChI=1S/C13H20N4O2/c18-13(19)16-8-4-10(5-9-16)17-7-1-2-12(17)11-3-6-14-15-11/h3,6,10,12H,1-2,4-5,7-9H2,(H,14,15)(H,18,19). The molecule has 0 aliphatic carbocycles. The minimum Gasteiger partial charge on any atom is -0.465 e. The summed E-state index contributed by atoms with van der Waals surface area (Å²) in [7, 11) is 0. The van der Waals surface area contributed by atoms with Crippen molar-refractivity contribution >= 4 is 6.09 Å². The van der Waals surface area contributed by atoms with E-state index < -0.39 is 6.09 Å². The smallest absolute Gasteiger partial charge is 0.407 e. The number of rotatable bonds is 2. The van der Waals surface area contributed by atoms with Gasteiger partial charge in [0.25, 0.3) is 0 Å². The Labute approximate surface area is 112 Å². The third-order valence-corrected chi connectivity index (χ3v) is 4.38. The fourth-order valence-electron chi connectivity index (χ4n) is 3.40. The molecule has 19 heavy (non-hydrogen) atoms. The topological polar surface area (TPSA) is 72.5 Å². The lowest BCUT2D eigenvalue weighted by molar-refractivity contribution is 0.0879. The van der Waals surface area contributed by atoms with Crippen LogP contribution in [0.2, 0.25) is 0 Å². The Morgan fingerprint density at radius 2 is 2.11 bits per heavy atom. The van der Waals surface area contributed by atoms with Crippen LogP contribution in [-0.4, -0.2) is 56.9 Å². The highest BCUT2D eigenvalue weighted by Crippen LogP contribution is 2.35. The predicted molar refractivity (Wildman–Crippen MR) is 69.9 cm³/mol. The highest BCUT2D eigenvalue weighted by molar-refractivity contribution is 5.65. The van der Waals surface area contributed by atoms with Crippen LogP contribution in [0.5, 0.6) is 0 Å². The molecule has 6 nitrogen and oxygen atoms in total. The second-order valence-electron chi connectivity index (χ2n) is 5.41. The molecular formula is C13H20N4O2. The van der Waals surface area contributed by atoms with Crippen LogP contribution in [0.25, 0.3) is 0 Å². The fourth-order valence-corrected chi connectivity index (χ4v) is 3.40. The Morgan fingerprint density at radius 3 is 2.74 bits per heavy atom. The zero-order valence-electron chi connectivity index (χ0n) is 11.0. The lowest BCUT2D eigenvalue weighted by Gasteiger charge is -2.38. The summed E-state index contributed by atoms with van der Waals surface area (Å²) in [6, 6.07) is 2.99. The number of hydrogen-bond acceptors (Lipinski definition) is 3. The molecule has 0 saturated carbocycles. The lowest BCUT2D eigenvalue weighted by atomic mass is 10.0. The maximum Gasteiger partial charge on any atom is 0.407 e. The molecule has 104 valence electrons. The van der Waals surface area contributed by atoms with E-state index in [1.807, 2.05) is 0 Å². The number of carboxylic acid groups (broad SMARTS) is 1. The molecule has 2 aliphatic rings. The van der Waals surface area contributed by atoms with E-state index >= 15 is 0 Å². The van der Waals surface area contributed by atoms with Crippen LogP contribution >= 0.6 is 0 Å². The molecule has 2 aliphatic heterocycles.